The number of rotatable bonds is 4. The van der Waals surface area contributed by atoms with Crippen LogP contribution in [-0.2, 0) is 16.0 Å². The van der Waals surface area contributed by atoms with E-state index in [4.69, 9.17) is 13.9 Å². The van der Waals surface area contributed by atoms with Gasteiger partial charge in [-0.1, -0.05) is 6.42 Å². The van der Waals surface area contributed by atoms with Crippen LogP contribution in [0.5, 0.6) is 0 Å². The van der Waals surface area contributed by atoms with Gasteiger partial charge in [-0.25, -0.2) is 0 Å². The zero-order valence-corrected chi connectivity index (χ0v) is 12.6. The minimum absolute atomic E-state index is 0.00982. The van der Waals surface area contributed by atoms with Crippen molar-refractivity contribution >= 4 is 0 Å². The van der Waals surface area contributed by atoms with Crippen molar-refractivity contribution in [2.45, 2.75) is 38.3 Å². The Morgan fingerprint density at radius 2 is 2.35 bits per heavy atom. The molecular weight excluding hydrogens is 254 g/mol. The molecule has 0 N–H and O–H groups in total. The van der Waals surface area contributed by atoms with Crippen LogP contribution in [0.4, 0.5) is 0 Å². The topological polar surface area (TPSA) is 34.8 Å². The van der Waals surface area contributed by atoms with Gasteiger partial charge in [0.1, 0.15) is 11.5 Å². The molecule has 1 aliphatic carbocycles. The molecule has 1 aliphatic heterocycles. The third kappa shape index (κ3) is 2.78. The maximum atomic E-state index is 6.21. The van der Waals surface area contributed by atoms with Gasteiger partial charge in [0.25, 0.3) is 0 Å². The first-order chi connectivity index (χ1) is 9.72. The molecular formula is C16H25NO3. The summed E-state index contributed by atoms with van der Waals surface area (Å²) in [6.07, 6.45) is 3.64. The molecule has 4 nitrogen and oxygen atoms in total. The van der Waals surface area contributed by atoms with E-state index in [0.29, 0.717) is 5.92 Å². The van der Waals surface area contributed by atoms with Crippen molar-refractivity contribution in [2.75, 3.05) is 33.4 Å². The molecule has 20 heavy (non-hydrogen) atoms. The largest absolute Gasteiger partial charge is 0.465 e. The predicted octanol–water partition coefficient (Wildman–Crippen LogP) is 2.61. The van der Waals surface area contributed by atoms with Gasteiger partial charge in [-0.3, -0.25) is 4.90 Å². The molecule has 0 bridgehead atoms. The van der Waals surface area contributed by atoms with Gasteiger partial charge in [0.15, 0.2) is 0 Å². The summed E-state index contributed by atoms with van der Waals surface area (Å²) in [7, 11) is 1.79. The first-order valence-electron chi connectivity index (χ1n) is 7.62. The second kappa shape index (κ2) is 5.88. The third-order valence-corrected chi connectivity index (χ3v) is 4.73. The standard InChI is InChI=1S/C16H25NO3/c1-13-5-6-15(20-13)10-17-8-9-19-16(12-17)7-3-4-14(16)11-18-2/h5-6,14H,3-4,7-12H2,1-2H3/t14-,16-/m0/s1. The van der Waals surface area contributed by atoms with Gasteiger partial charge < -0.3 is 13.9 Å². The maximum Gasteiger partial charge on any atom is 0.118 e. The molecule has 0 amide bonds. The normalized spacial score (nSPS) is 31.2. The van der Waals surface area contributed by atoms with Crippen molar-refractivity contribution < 1.29 is 13.9 Å². The summed E-state index contributed by atoms with van der Waals surface area (Å²) in [4.78, 5) is 2.47. The molecule has 112 valence electrons. The SMILES string of the molecule is COC[C@@H]1CCC[C@]12CN(Cc1ccc(C)o1)CCO2. The lowest BCUT2D eigenvalue weighted by Crippen LogP contribution is -2.54. The molecule has 2 heterocycles. The molecule has 1 aromatic rings. The predicted molar refractivity (Wildman–Crippen MR) is 76.6 cm³/mol. The van der Waals surface area contributed by atoms with Crippen LogP contribution in [0.2, 0.25) is 0 Å². The molecule has 2 fully saturated rings. The summed E-state index contributed by atoms with van der Waals surface area (Å²) in [6.45, 7) is 6.50. The third-order valence-electron chi connectivity index (χ3n) is 4.73. The molecule has 0 radical (unpaired) electrons. The molecule has 0 aromatic carbocycles. The number of nitrogens with zero attached hydrogens (tertiary/aromatic N) is 1. The van der Waals surface area contributed by atoms with Gasteiger partial charge in [0.2, 0.25) is 0 Å². The second-order valence-electron chi connectivity index (χ2n) is 6.18. The molecule has 0 unspecified atom stereocenters. The van der Waals surface area contributed by atoms with E-state index < -0.39 is 0 Å². The highest BCUT2D eigenvalue weighted by Gasteiger charge is 2.46. The summed E-state index contributed by atoms with van der Waals surface area (Å²) in [6, 6.07) is 4.12. The quantitative estimate of drug-likeness (QED) is 0.848. The van der Waals surface area contributed by atoms with Crippen molar-refractivity contribution in [3.05, 3.63) is 23.7 Å². The maximum absolute atomic E-state index is 6.21. The zero-order chi connectivity index (χ0) is 14.0. The Bertz CT molecular complexity index is 445. The van der Waals surface area contributed by atoms with Gasteiger partial charge in [0.05, 0.1) is 25.4 Å². The van der Waals surface area contributed by atoms with Crippen molar-refractivity contribution in [3.8, 4) is 0 Å². The van der Waals surface area contributed by atoms with E-state index in [1.165, 1.54) is 12.8 Å². The zero-order valence-electron chi connectivity index (χ0n) is 12.6. The van der Waals surface area contributed by atoms with Crippen LogP contribution in [0.3, 0.4) is 0 Å². The van der Waals surface area contributed by atoms with Crippen LogP contribution in [-0.4, -0.2) is 43.9 Å². The monoisotopic (exact) mass is 279 g/mol. The van der Waals surface area contributed by atoms with Crippen molar-refractivity contribution in [1.82, 2.24) is 4.90 Å². The highest BCUT2D eigenvalue weighted by atomic mass is 16.5. The molecule has 3 rings (SSSR count). The molecule has 4 heteroatoms. The number of aryl methyl sites for hydroxylation is 1. The number of morpholine rings is 1. The van der Waals surface area contributed by atoms with Crippen LogP contribution in [0, 0.1) is 12.8 Å². The fourth-order valence-corrected chi connectivity index (χ4v) is 3.76. The number of ether oxygens (including phenoxy) is 2. The van der Waals surface area contributed by atoms with E-state index in [9.17, 15) is 0 Å². The van der Waals surface area contributed by atoms with E-state index in [2.05, 4.69) is 11.0 Å². The molecule has 1 saturated carbocycles. The molecule has 1 spiro atoms. The Morgan fingerprint density at radius 3 is 3.10 bits per heavy atom. The minimum Gasteiger partial charge on any atom is -0.465 e. The Labute approximate surface area is 121 Å². The average molecular weight is 279 g/mol. The summed E-state index contributed by atoms with van der Waals surface area (Å²) in [5, 5.41) is 0. The van der Waals surface area contributed by atoms with Gasteiger partial charge in [-0.2, -0.15) is 0 Å². The summed E-state index contributed by atoms with van der Waals surface area (Å²) >= 11 is 0. The Kier molecular flexibility index (Phi) is 4.15. The minimum atomic E-state index is 0.00982. The van der Waals surface area contributed by atoms with Gasteiger partial charge in [0, 0.05) is 26.1 Å². The highest BCUT2D eigenvalue weighted by Crippen LogP contribution is 2.41. The summed E-state index contributed by atoms with van der Waals surface area (Å²) in [5.74, 6) is 2.58. The van der Waals surface area contributed by atoms with E-state index >= 15 is 0 Å². The molecule has 2 atom stereocenters. The van der Waals surface area contributed by atoms with Crippen LogP contribution >= 0.6 is 0 Å². The highest BCUT2D eigenvalue weighted by molar-refractivity contribution is 5.06. The number of furan rings is 1. The molecule has 2 aliphatic rings. The van der Waals surface area contributed by atoms with Crippen LogP contribution < -0.4 is 0 Å². The Morgan fingerprint density at radius 1 is 1.45 bits per heavy atom. The number of methoxy groups -OCH3 is 1. The first kappa shape index (κ1) is 14.1. The molecule has 1 aromatic heterocycles. The van der Waals surface area contributed by atoms with Gasteiger partial charge in [-0.05, 0) is 31.9 Å². The van der Waals surface area contributed by atoms with Gasteiger partial charge in [-0.15, -0.1) is 0 Å². The van der Waals surface area contributed by atoms with Crippen molar-refractivity contribution in [1.29, 1.82) is 0 Å². The average Bonchev–Trinajstić information content (AvgIpc) is 2.99. The lowest BCUT2D eigenvalue weighted by molar-refractivity contribution is -0.141. The fraction of sp³-hybridized carbons (Fsp3) is 0.750. The lowest BCUT2D eigenvalue weighted by Gasteiger charge is -2.43. The van der Waals surface area contributed by atoms with E-state index in [0.717, 1.165) is 50.8 Å². The Hall–Kier alpha value is -0.840. The van der Waals surface area contributed by atoms with E-state index in [1.807, 2.05) is 13.0 Å². The molecule has 1 saturated heterocycles. The van der Waals surface area contributed by atoms with Crippen molar-refractivity contribution in [3.63, 3.8) is 0 Å². The number of hydrogen-bond acceptors (Lipinski definition) is 4. The lowest BCUT2D eigenvalue weighted by atomic mass is 9.89. The smallest absolute Gasteiger partial charge is 0.118 e. The van der Waals surface area contributed by atoms with Crippen molar-refractivity contribution in [2.24, 2.45) is 5.92 Å². The summed E-state index contributed by atoms with van der Waals surface area (Å²) in [5.41, 5.74) is 0.00982. The van der Waals surface area contributed by atoms with Gasteiger partial charge >= 0.3 is 0 Å². The van der Waals surface area contributed by atoms with Crippen LogP contribution in [0.15, 0.2) is 16.5 Å². The van der Waals surface area contributed by atoms with E-state index in [1.54, 1.807) is 7.11 Å². The second-order valence-corrected chi connectivity index (χ2v) is 6.18. The van der Waals surface area contributed by atoms with E-state index in [-0.39, 0.29) is 5.60 Å². The Balaban J connectivity index is 1.66. The first-order valence-corrected chi connectivity index (χ1v) is 7.62. The number of hydrogen-bond donors (Lipinski definition) is 0. The van der Waals surface area contributed by atoms with Crippen LogP contribution in [0.25, 0.3) is 0 Å². The summed E-state index contributed by atoms with van der Waals surface area (Å²) < 4.78 is 17.3. The fourth-order valence-electron chi connectivity index (χ4n) is 3.76. The van der Waals surface area contributed by atoms with Crippen LogP contribution in [0.1, 0.15) is 30.8 Å².